The summed E-state index contributed by atoms with van der Waals surface area (Å²) in [5, 5.41) is 10.5. The molecule has 3 aromatic heterocycles. The second-order valence-electron chi connectivity index (χ2n) is 8.71. The molecule has 3 heterocycles. The standard InChI is InChI=1S/C26H26ClF2N5O3/c1-15-11-31-21(20-6-7-30-25(33-20)26(4,5)36)10-23(15)34(14-35)16(2)8-24(17(3)27)37-13-22-19(29)9-18(28)12-32-22/h6-12,14,36H,13H2,1-5H3/b16-8-,24-17?. The van der Waals surface area contributed by atoms with Gasteiger partial charge in [0.05, 0.1) is 28.3 Å². The maximum Gasteiger partial charge on any atom is 0.218 e. The molecule has 0 saturated heterocycles. The zero-order chi connectivity index (χ0) is 27.3. The third-order valence-corrected chi connectivity index (χ3v) is 5.40. The van der Waals surface area contributed by atoms with Crippen molar-refractivity contribution in [3.05, 3.63) is 88.1 Å². The lowest BCUT2D eigenvalue weighted by Gasteiger charge is -2.22. The summed E-state index contributed by atoms with van der Waals surface area (Å²) in [4.78, 5) is 30.2. The first-order valence-corrected chi connectivity index (χ1v) is 11.5. The summed E-state index contributed by atoms with van der Waals surface area (Å²) >= 11 is 6.19. The molecule has 1 N–H and O–H groups in total. The van der Waals surface area contributed by atoms with Gasteiger partial charge in [-0.15, -0.1) is 0 Å². The Kier molecular flexibility index (Phi) is 8.67. The Hall–Kier alpha value is -3.76. The van der Waals surface area contributed by atoms with E-state index in [9.17, 15) is 18.7 Å². The third kappa shape index (κ3) is 6.93. The molecule has 37 heavy (non-hydrogen) atoms. The fraction of sp³-hybridized carbons (Fsp3) is 0.269. The highest BCUT2D eigenvalue weighted by molar-refractivity contribution is 6.29. The summed E-state index contributed by atoms with van der Waals surface area (Å²) in [6, 6.07) is 4.05. The van der Waals surface area contributed by atoms with E-state index < -0.39 is 17.2 Å². The van der Waals surface area contributed by atoms with Crippen molar-refractivity contribution in [1.29, 1.82) is 0 Å². The topological polar surface area (TPSA) is 101 Å². The lowest BCUT2D eigenvalue weighted by atomic mass is 10.1. The maximum atomic E-state index is 14.0. The van der Waals surface area contributed by atoms with Crippen molar-refractivity contribution in [2.24, 2.45) is 0 Å². The van der Waals surface area contributed by atoms with Gasteiger partial charge in [0.15, 0.2) is 11.6 Å². The van der Waals surface area contributed by atoms with Crippen LogP contribution in [0.2, 0.25) is 0 Å². The first-order valence-electron chi connectivity index (χ1n) is 11.2. The highest BCUT2D eigenvalue weighted by Gasteiger charge is 2.21. The van der Waals surface area contributed by atoms with Crippen molar-refractivity contribution in [3.8, 4) is 11.4 Å². The molecule has 0 aromatic carbocycles. The molecule has 0 saturated carbocycles. The molecule has 194 valence electrons. The van der Waals surface area contributed by atoms with Crippen LogP contribution >= 0.6 is 11.6 Å². The monoisotopic (exact) mass is 529 g/mol. The molecule has 0 atom stereocenters. The minimum Gasteiger partial charge on any atom is -0.486 e. The van der Waals surface area contributed by atoms with Crippen LogP contribution in [-0.2, 0) is 21.7 Å². The summed E-state index contributed by atoms with van der Waals surface area (Å²) < 4.78 is 32.7. The number of hydrogen-bond donors (Lipinski definition) is 1. The number of rotatable bonds is 9. The van der Waals surface area contributed by atoms with Gasteiger partial charge >= 0.3 is 0 Å². The Morgan fingerprint density at radius 1 is 1.16 bits per heavy atom. The van der Waals surface area contributed by atoms with Crippen LogP contribution in [0, 0.1) is 18.6 Å². The Balaban J connectivity index is 1.92. The average Bonchev–Trinajstić information content (AvgIpc) is 2.83. The molecular weight excluding hydrogens is 504 g/mol. The number of ether oxygens (including phenoxy) is 1. The number of aromatic nitrogens is 4. The molecule has 3 rings (SSSR count). The molecular formula is C26H26ClF2N5O3. The molecule has 0 fully saturated rings. The van der Waals surface area contributed by atoms with Crippen LogP contribution in [0.25, 0.3) is 11.4 Å². The number of carbonyl (C=O) groups excluding carboxylic acids is 1. The molecule has 0 spiro atoms. The van der Waals surface area contributed by atoms with E-state index in [2.05, 4.69) is 19.9 Å². The van der Waals surface area contributed by atoms with E-state index in [1.54, 1.807) is 52.9 Å². The van der Waals surface area contributed by atoms with Crippen LogP contribution in [0.1, 0.15) is 44.8 Å². The number of hydrogen-bond acceptors (Lipinski definition) is 7. The van der Waals surface area contributed by atoms with Crippen molar-refractivity contribution < 1.29 is 23.4 Å². The number of amides is 1. The predicted octanol–water partition coefficient (Wildman–Crippen LogP) is 5.30. The maximum absolute atomic E-state index is 14.0. The smallest absolute Gasteiger partial charge is 0.218 e. The van der Waals surface area contributed by atoms with E-state index in [1.165, 1.54) is 17.2 Å². The van der Waals surface area contributed by atoms with Crippen LogP contribution < -0.4 is 4.90 Å². The second kappa shape index (κ2) is 11.5. The Morgan fingerprint density at radius 3 is 2.51 bits per heavy atom. The van der Waals surface area contributed by atoms with Crippen molar-refractivity contribution in [3.63, 3.8) is 0 Å². The summed E-state index contributed by atoms with van der Waals surface area (Å²) in [5.41, 5.74) is 1.26. The fourth-order valence-electron chi connectivity index (χ4n) is 3.23. The number of carbonyl (C=O) groups is 1. The Morgan fingerprint density at radius 2 is 1.89 bits per heavy atom. The SMILES string of the molecule is CC(Cl)=C(/C=C(/C)N(C=O)c1cc(-c2ccnc(C(C)(C)O)n2)ncc1C)OCc1ncc(F)cc1F. The van der Waals surface area contributed by atoms with Crippen LogP contribution in [0.15, 0.2) is 59.4 Å². The van der Waals surface area contributed by atoms with Gasteiger partial charge in [0.25, 0.3) is 0 Å². The fourth-order valence-corrected chi connectivity index (χ4v) is 3.34. The number of nitrogens with zero attached hydrogens (tertiary/aromatic N) is 5. The minimum atomic E-state index is -1.24. The van der Waals surface area contributed by atoms with Crippen LogP contribution in [0.3, 0.4) is 0 Å². The summed E-state index contributed by atoms with van der Waals surface area (Å²) in [6.45, 7) is 7.90. The molecule has 0 bridgehead atoms. The van der Waals surface area contributed by atoms with Crippen molar-refractivity contribution in [2.45, 2.75) is 46.8 Å². The molecule has 11 heteroatoms. The van der Waals surface area contributed by atoms with Crippen LogP contribution in [-0.4, -0.2) is 31.5 Å². The summed E-state index contributed by atoms with van der Waals surface area (Å²) in [5.74, 6) is -1.24. The molecule has 1 amide bonds. The minimum absolute atomic E-state index is 0.0972. The number of pyridine rings is 2. The van der Waals surface area contributed by atoms with Crippen molar-refractivity contribution in [2.75, 3.05) is 4.90 Å². The molecule has 0 aliphatic heterocycles. The average molecular weight is 530 g/mol. The quantitative estimate of drug-likeness (QED) is 0.228. The van der Waals surface area contributed by atoms with E-state index in [0.717, 1.165) is 6.20 Å². The van der Waals surface area contributed by atoms with Crippen molar-refractivity contribution in [1.82, 2.24) is 19.9 Å². The van der Waals surface area contributed by atoms with Gasteiger partial charge in [-0.1, -0.05) is 11.6 Å². The first-order chi connectivity index (χ1) is 17.4. The van der Waals surface area contributed by atoms with Gasteiger partial charge < -0.3 is 9.84 Å². The van der Waals surface area contributed by atoms with Gasteiger partial charge in [0.2, 0.25) is 6.41 Å². The van der Waals surface area contributed by atoms with E-state index in [4.69, 9.17) is 16.3 Å². The van der Waals surface area contributed by atoms with Gasteiger partial charge in [-0.25, -0.2) is 18.7 Å². The van der Waals surface area contributed by atoms with Gasteiger partial charge in [-0.2, -0.15) is 0 Å². The highest BCUT2D eigenvalue weighted by Crippen LogP contribution is 2.28. The van der Waals surface area contributed by atoms with Crippen molar-refractivity contribution >= 4 is 23.7 Å². The molecule has 0 radical (unpaired) electrons. The van der Waals surface area contributed by atoms with Gasteiger partial charge in [0.1, 0.15) is 29.5 Å². The van der Waals surface area contributed by atoms with Crippen LogP contribution in [0.4, 0.5) is 14.5 Å². The zero-order valence-electron chi connectivity index (χ0n) is 21.0. The van der Waals surface area contributed by atoms with Crippen LogP contribution in [0.5, 0.6) is 0 Å². The zero-order valence-corrected chi connectivity index (χ0v) is 21.7. The predicted molar refractivity (Wildman–Crippen MR) is 135 cm³/mol. The number of allylic oxidation sites excluding steroid dienone is 3. The highest BCUT2D eigenvalue weighted by atomic mass is 35.5. The third-order valence-electron chi connectivity index (χ3n) is 5.21. The van der Waals surface area contributed by atoms with E-state index in [1.807, 2.05) is 0 Å². The van der Waals surface area contributed by atoms with Gasteiger partial charge in [-0.05, 0) is 52.3 Å². The van der Waals surface area contributed by atoms with E-state index in [0.29, 0.717) is 40.8 Å². The lowest BCUT2D eigenvalue weighted by Crippen LogP contribution is -2.21. The van der Waals surface area contributed by atoms with E-state index in [-0.39, 0.29) is 28.9 Å². The number of aliphatic hydroxyl groups is 1. The van der Waals surface area contributed by atoms with E-state index >= 15 is 0 Å². The number of aryl methyl sites for hydroxylation is 1. The van der Waals surface area contributed by atoms with Gasteiger partial charge in [-0.3, -0.25) is 19.7 Å². The largest absolute Gasteiger partial charge is 0.486 e. The summed E-state index contributed by atoms with van der Waals surface area (Å²) in [6.07, 6.45) is 6.16. The lowest BCUT2D eigenvalue weighted by molar-refractivity contribution is -0.107. The Labute approximate surface area is 218 Å². The Bertz CT molecular complexity index is 1370. The molecule has 0 aliphatic carbocycles. The first kappa shape index (κ1) is 27.8. The number of anilines is 1. The molecule has 0 unspecified atom stereocenters. The second-order valence-corrected chi connectivity index (χ2v) is 9.28. The number of halogens is 3. The molecule has 3 aromatic rings. The summed E-state index contributed by atoms with van der Waals surface area (Å²) in [7, 11) is 0. The molecule has 8 nitrogen and oxygen atoms in total. The van der Waals surface area contributed by atoms with Gasteiger partial charge in [0, 0.05) is 30.2 Å². The molecule has 0 aliphatic rings. The normalized spacial score (nSPS) is 12.7.